The molecule has 10 rings (SSSR count). The van der Waals surface area contributed by atoms with E-state index in [1.165, 1.54) is 45.4 Å². The lowest BCUT2D eigenvalue weighted by Gasteiger charge is -2.36. The first-order valence-corrected chi connectivity index (χ1v) is 21.8. The first kappa shape index (κ1) is 41.1. The number of rotatable bonds is 9. The number of aliphatic imine (C=N–C) groups is 1. The van der Waals surface area contributed by atoms with Crippen molar-refractivity contribution in [1.82, 2.24) is 38.5 Å². The molecule has 1 aliphatic carbocycles. The predicted molar refractivity (Wildman–Crippen MR) is 236 cm³/mol. The molecular weight excluding hydrogens is 823 g/mol. The quantitative estimate of drug-likeness (QED) is 0.123. The Bertz CT molecular complexity index is 3160. The Morgan fingerprint density at radius 3 is 2.61 bits per heavy atom. The second-order valence-electron chi connectivity index (χ2n) is 17.3. The summed E-state index contributed by atoms with van der Waals surface area (Å²) in [5, 5.41) is 9.24. The van der Waals surface area contributed by atoms with Crippen LogP contribution in [0.2, 0.25) is 0 Å². The highest BCUT2D eigenvalue weighted by Crippen LogP contribution is 2.36. The van der Waals surface area contributed by atoms with E-state index in [1.807, 2.05) is 24.5 Å². The van der Waals surface area contributed by atoms with E-state index in [0.29, 0.717) is 84.5 Å². The Morgan fingerprint density at radius 1 is 1.02 bits per heavy atom. The van der Waals surface area contributed by atoms with E-state index in [4.69, 9.17) is 20.0 Å². The third-order valence-electron chi connectivity index (χ3n) is 13.3. The monoisotopic (exact) mass is 870 g/mol. The number of imidazole rings is 1. The molecule has 3 aromatic carbocycles. The smallest absolute Gasteiger partial charge is 0.402 e. The van der Waals surface area contributed by atoms with E-state index in [1.54, 1.807) is 28.8 Å². The third kappa shape index (κ3) is 7.16. The summed E-state index contributed by atoms with van der Waals surface area (Å²) in [4.78, 5) is 51.1. The lowest BCUT2D eigenvalue weighted by atomic mass is 9.91. The Morgan fingerprint density at radius 2 is 1.81 bits per heavy atom. The topological polar surface area (TPSA) is 176 Å². The fourth-order valence-corrected chi connectivity index (χ4v) is 9.95. The molecule has 2 unspecified atom stereocenters. The van der Waals surface area contributed by atoms with Crippen LogP contribution in [0.1, 0.15) is 78.5 Å². The number of aryl methyl sites for hydroxylation is 1. The van der Waals surface area contributed by atoms with Gasteiger partial charge in [-0.1, -0.05) is 18.1 Å². The van der Waals surface area contributed by atoms with Crippen molar-refractivity contribution in [2.75, 3.05) is 19.8 Å². The fraction of sp³-hybridized carbons (Fsp3) is 0.362. The van der Waals surface area contributed by atoms with Crippen molar-refractivity contribution in [3.05, 3.63) is 139 Å². The number of nitrogens with zero attached hydrogens (tertiary/aromatic N) is 8. The molecule has 17 heteroatoms. The molecule has 7 aromatic rings. The molecule has 0 saturated carbocycles. The van der Waals surface area contributed by atoms with Crippen LogP contribution in [-0.2, 0) is 37.6 Å². The van der Waals surface area contributed by atoms with Crippen LogP contribution in [0.4, 0.5) is 14.5 Å². The molecule has 1 fully saturated rings. The number of fused-ring (bicyclic) bond motifs is 3. The Kier molecular flexibility index (Phi) is 10.5. The summed E-state index contributed by atoms with van der Waals surface area (Å²) in [5.41, 5.74) is 12.2. The second kappa shape index (κ2) is 16.3. The van der Waals surface area contributed by atoms with Crippen LogP contribution in [-0.4, -0.2) is 76.1 Å². The van der Waals surface area contributed by atoms with Gasteiger partial charge in [0, 0.05) is 80.8 Å². The zero-order chi connectivity index (χ0) is 44.4. The number of hydrogen-bond donors (Lipinski definition) is 2. The average molecular weight is 871 g/mol. The maximum absolute atomic E-state index is 16.1. The standard InChI is InChI=1S/C47H48F2N10O5/c1-26(21-41-53-46(61)64-54-41)25-59-37-10-7-29(28-14-19-63-20-15-28)22-30(37)23-40(59)45(60)56-16-13-35(50)42(27(56)2)44(52-36-9-8-34(48)31-5-4-6-32(31)36)58-18-17-57(47(58)62)39-12-11-38-33(43(39)49)24-51-55(38)3/h7-12,17-18,22-24,26-28H,4-6,13-16,19-21,25,50H2,1-3H3,(H,53,54,61). The molecule has 3 aliphatic rings. The molecule has 0 bridgehead atoms. The number of halogens is 2. The Hall–Kier alpha value is -6.88. The molecular formula is C47H48F2N10O5. The second-order valence-corrected chi connectivity index (χ2v) is 17.3. The van der Waals surface area contributed by atoms with E-state index in [9.17, 15) is 9.59 Å². The predicted octanol–water partition coefficient (Wildman–Crippen LogP) is 6.42. The van der Waals surface area contributed by atoms with Gasteiger partial charge in [-0.3, -0.25) is 28.1 Å². The van der Waals surface area contributed by atoms with E-state index in [2.05, 4.69) is 33.4 Å². The highest BCUT2D eigenvalue weighted by atomic mass is 19.1. The summed E-state index contributed by atoms with van der Waals surface area (Å²) in [5.74, 6) is -0.946. The molecule has 4 aromatic heterocycles. The first-order chi connectivity index (χ1) is 30.9. The van der Waals surface area contributed by atoms with Crippen LogP contribution in [0, 0.1) is 17.6 Å². The minimum atomic E-state index is -0.700. The van der Waals surface area contributed by atoms with Gasteiger partial charge in [-0.2, -0.15) is 5.10 Å². The van der Waals surface area contributed by atoms with Crippen LogP contribution in [0.25, 0.3) is 27.5 Å². The SMILES string of the molecule is CC(Cc1noc(=O)[nH]1)Cn1c(C(=O)N2CCC(N)=C(C(=Nc3ccc(F)c4c3CCC4)n3ccn(-c4ccc5c(cnn5C)c4F)c3=O)C2C)cc2cc(C3CCOCC3)ccc21. The van der Waals surface area contributed by atoms with Crippen LogP contribution < -0.4 is 17.2 Å². The first-order valence-electron chi connectivity index (χ1n) is 21.8. The zero-order valence-corrected chi connectivity index (χ0v) is 35.8. The van der Waals surface area contributed by atoms with E-state index in [0.717, 1.165) is 35.7 Å². The van der Waals surface area contributed by atoms with Crippen molar-refractivity contribution in [2.24, 2.45) is 23.7 Å². The molecule has 64 heavy (non-hydrogen) atoms. The normalized spacial score (nSPS) is 17.9. The number of hydrogen-bond acceptors (Lipinski definition) is 9. The summed E-state index contributed by atoms with van der Waals surface area (Å²) in [7, 11) is 1.71. The number of amides is 1. The van der Waals surface area contributed by atoms with Crippen LogP contribution in [0.15, 0.2) is 97.5 Å². The number of H-pyrrole nitrogens is 1. The highest BCUT2D eigenvalue weighted by Gasteiger charge is 2.36. The van der Waals surface area contributed by atoms with E-state index < -0.39 is 23.3 Å². The molecule has 3 N–H and O–H groups in total. The summed E-state index contributed by atoms with van der Waals surface area (Å²) < 4.78 is 47.7. The number of benzene rings is 3. The summed E-state index contributed by atoms with van der Waals surface area (Å²) >= 11 is 0. The van der Waals surface area contributed by atoms with E-state index in [-0.39, 0.29) is 47.5 Å². The van der Waals surface area contributed by atoms with Crippen LogP contribution in [0.3, 0.4) is 0 Å². The Labute approximate surface area is 365 Å². The maximum Gasteiger partial charge on any atom is 0.438 e. The number of aromatic nitrogens is 7. The van der Waals surface area contributed by atoms with Gasteiger partial charge in [-0.25, -0.2) is 23.4 Å². The number of ether oxygens (including phenoxy) is 1. The van der Waals surface area contributed by atoms with Gasteiger partial charge in [0.15, 0.2) is 11.6 Å². The van der Waals surface area contributed by atoms with Crippen molar-refractivity contribution in [3.8, 4) is 5.69 Å². The molecule has 2 atom stereocenters. The maximum atomic E-state index is 16.1. The van der Waals surface area contributed by atoms with Crippen molar-refractivity contribution < 1.29 is 22.8 Å². The summed E-state index contributed by atoms with van der Waals surface area (Å²) in [6.07, 6.45) is 8.85. The van der Waals surface area contributed by atoms with Gasteiger partial charge in [-0.05, 0) is 110 Å². The number of nitrogens with one attached hydrogen (secondary N) is 1. The van der Waals surface area contributed by atoms with Crippen LogP contribution >= 0.6 is 0 Å². The largest absolute Gasteiger partial charge is 0.438 e. The highest BCUT2D eigenvalue weighted by molar-refractivity contribution is 6.05. The number of carbonyl (C=O) groups excluding carboxylic acids is 1. The van der Waals surface area contributed by atoms with Gasteiger partial charge in [0.25, 0.3) is 5.91 Å². The van der Waals surface area contributed by atoms with Crippen molar-refractivity contribution in [3.63, 3.8) is 0 Å². The minimum Gasteiger partial charge on any atom is -0.402 e. The van der Waals surface area contributed by atoms with Gasteiger partial charge in [0.1, 0.15) is 17.3 Å². The van der Waals surface area contributed by atoms with Gasteiger partial charge in [0.2, 0.25) is 0 Å². The molecule has 330 valence electrons. The lowest BCUT2D eigenvalue weighted by Crippen LogP contribution is -2.48. The van der Waals surface area contributed by atoms with Gasteiger partial charge in [-0.15, -0.1) is 0 Å². The Balaban J connectivity index is 1.06. The summed E-state index contributed by atoms with van der Waals surface area (Å²) in [6.45, 7) is 5.99. The number of carbonyl (C=O) groups is 1. The molecule has 15 nitrogen and oxygen atoms in total. The zero-order valence-electron chi connectivity index (χ0n) is 35.8. The van der Waals surface area contributed by atoms with Crippen LogP contribution in [0.5, 0.6) is 0 Å². The lowest BCUT2D eigenvalue weighted by molar-refractivity contribution is 0.0698. The molecule has 2 aliphatic heterocycles. The summed E-state index contributed by atoms with van der Waals surface area (Å²) in [6, 6.07) is 13.8. The molecule has 1 amide bonds. The van der Waals surface area contributed by atoms with Crippen molar-refractivity contribution in [2.45, 2.75) is 77.3 Å². The van der Waals surface area contributed by atoms with Gasteiger partial charge >= 0.3 is 11.4 Å². The average Bonchev–Trinajstić information content (AvgIpc) is 4.14. The minimum absolute atomic E-state index is 0.0265. The van der Waals surface area contributed by atoms with Crippen molar-refractivity contribution in [1.29, 1.82) is 0 Å². The molecule has 0 spiro atoms. The number of nitrogens with two attached hydrogens (primary N) is 1. The molecule has 1 saturated heterocycles. The fourth-order valence-electron chi connectivity index (χ4n) is 9.95. The molecule has 6 heterocycles. The van der Waals surface area contributed by atoms with Gasteiger partial charge < -0.3 is 19.9 Å². The molecule has 0 radical (unpaired) electrons. The number of aromatic amines is 1. The van der Waals surface area contributed by atoms with Crippen molar-refractivity contribution >= 4 is 39.2 Å². The third-order valence-corrected chi connectivity index (χ3v) is 13.3. The van der Waals surface area contributed by atoms with Gasteiger partial charge in [0.05, 0.1) is 34.5 Å². The van der Waals surface area contributed by atoms with E-state index >= 15 is 13.6 Å².